The SMILES string of the molecule is CCc1cc2c(cc1S(=O)(=O)NC(=O)NC)C(CNC(=O)c1cc(Cl)ccc1OC)CCO2. The van der Waals surface area contributed by atoms with Gasteiger partial charge in [-0.2, -0.15) is 0 Å². The van der Waals surface area contributed by atoms with Crippen LogP contribution in [-0.4, -0.2) is 47.7 Å². The molecule has 9 nitrogen and oxygen atoms in total. The quantitative estimate of drug-likeness (QED) is 0.542. The highest BCUT2D eigenvalue weighted by Crippen LogP contribution is 2.37. The predicted molar refractivity (Wildman–Crippen MR) is 124 cm³/mol. The molecule has 2 aromatic carbocycles. The molecule has 0 spiro atoms. The zero-order valence-electron chi connectivity index (χ0n) is 18.5. The Hall–Kier alpha value is -2.98. The number of aryl methyl sites for hydroxylation is 1. The van der Waals surface area contributed by atoms with Crippen molar-refractivity contribution in [3.8, 4) is 11.5 Å². The number of hydrogen-bond acceptors (Lipinski definition) is 6. The smallest absolute Gasteiger partial charge is 0.328 e. The number of carbonyl (C=O) groups is 2. The third-order valence-electron chi connectivity index (χ3n) is 5.40. The van der Waals surface area contributed by atoms with Crippen LogP contribution in [0.15, 0.2) is 35.2 Å². The molecule has 1 aliphatic heterocycles. The number of nitrogens with one attached hydrogen (secondary N) is 3. The summed E-state index contributed by atoms with van der Waals surface area (Å²) in [6, 6.07) is 7.15. The number of benzene rings is 2. The second-order valence-electron chi connectivity index (χ2n) is 7.42. The molecule has 1 aliphatic rings. The van der Waals surface area contributed by atoms with Gasteiger partial charge in [-0.3, -0.25) is 4.79 Å². The van der Waals surface area contributed by atoms with E-state index in [-0.39, 0.29) is 23.3 Å². The van der Waals surface area contributed by atoms with Gasteiger partial charge in [-0.25, -0.2) is 17.9 Å². The van der Waals surface area contributed by atoms with Crippen molar-refractivity contribution in [3.63, 3.8) is 0 Å². The molecule has 3 rings (SSSR count). The van der Waals surface area contributed by atoms with Gasteiger partial charge in [-0.05, 0) is 48.7 Å². The van der Waals surface area contributed by atoms with E-state index in [0.717, 1.165) is 0 Å². The molecule has 0 saturated carbocycles. The van der Waals surface area contributed by atoms with Gasteiger partial charge in [0.1, 0.15) is 11.5 Å². The molecule has 0 aromatic heterocycles. The average molecular weight is 496 g/mol. The van der Waals surface area contributed by atoms with E-state index in [2.05, 4.69) is 10.6 Å². The lowest BCUT2D eigenvalue weighted by molar-refractivity contribution is 0.0945. The first-order valence-corrected chi connectivity index (χ1v) is 12.2. The van der Waals surface area contributed by atoms with Gasteiger partial charge in [-0.15, -0.1) is 0 Å². The van der Waals surface area contributed by atoms with Crippen molar-refractivity contribution in [2.75, 3.05) is 27.3 Å². The first-order chi connectivity index (χ1) is 15.7. The van der Waals surface area contributed by atoms with Crippen molar-refractivity contribution < 1.29 is 27.5 Å². The summed E-state index contributed by atoms with van der Waals surface area (Å²) in [5.41, 5.74) is 1.48. The van der Waals surface area contributed by atoms with Crippen LogP contribution < -0.4 is 24.8 Å². The van der Waals surface area contributed by atoms with Crippen molar-refractivity contribution in [3.05, 3.63) is 52.0 Å². The zero-order valence-corrected chi connectivity index (χ0v) is 20.1. The number of rotatable bonds is 7. The first kappa shape index (κ1) is 24.7. The lowest BCUT2D eigenvalue weighted by atomic mass is 9.91. The van der Waals surface area contributed by atoms with Gasteiger partial charge in [0.2, 0.25) is 0 Å². The number of fused-ring (bicyclic) bond motifs is 1. The summed E-state index contributed by atoms with van der Waals surface area (Å²) < 4.78 is 38.6. The second kappa shape index (κ2) is 10.3. The van der Waals surface area contributed by atoms with E-state index in [1.165, 1.54) is 26.3 Å². The zero-order chi connectivity index (χ0) is 24.2. The maximum Gasteiger partial charge on any atom is 0.328 e. The summed E-state index contributed by atoms with van der Waals surface area (Å²) in [6.45, 7) is 2.50. The Morgan fingerprint density at radius 3 is 2.67 bits per heavy atom. The Balaban J connectivity index is 1.89. The normalized spacial score (nSPS) is 15.1. The number of ether oxygens (including phenoxy) is 2. The first-order valence-electron chi connectivity index (χ1n) is 10.4. The molecule has 1 unspecified atom stereocenters. The maximum absolute atomic E-state index is 12.8. The van der Waals surface area contributed by atoms with Gasteiger partial charge >= 0.3 is 6.03 Å². The fourth-order valence-corrected chi connectivity index (χ4v) is 5.12. The van der Waals surface area contributed by atoms with Gasteiger partial charge < -0.3 is 20.1 Å². The Labute approximate surface area is 197 Å². The fourth-order valence-electron chi connectivity index (χ4n) is 3.66. The largest absolute Gasteiger partial charge is 0.496 e. The number of methoxy groups -OCH3 is 1. The van der Waals surface area contributed by atoms with Crippen LogP contribution in [0.5, 0.6) is 11.5 Å². The minimum atomic E-state index is -4.10. The van der Waals surface area contributed by atoms with Gasteiger partial charge in [0, 0.05) is 30.1 Å². The van der Waals surface area contributed by atoms with Crippen LogP contribution in [0.4, 0.5) is 4.79 Å². The van der Waals surface area contributed by atoms with Crippen LogP contribution in [-0.2, 0) is 16.4 Å². The number of sulfonamides is 1. The lowest BCUT2D eigenvalue weighted by Crippen LogP contribution is -2.38. The molecule has 11 heteroatoms. The highest BCUT2D eigenvalue weighted by Gasteiger charge is 2.28. The van der Waals surface area contributed by atoms with E-state index >= 15 is 0 Å². The molecule has 1 heterocycles. The third-order valence-corrected chi connectivity index (χ3v) is 7.04. The molecule has 0 fully saturated rings. The van der Waals surface area contributed by atoms with E-state index in [1.807, 2.05) is 11.6 Å². The van der Waals surface area contributed by atoms with Gasteiger partial charge in [0.05, 0.1) is 24.2 Å². The summed E-state index contributed by atoms with van der Waals surface area (Å²) in [7, 11) is -1.30. The minimum absolute atomic E-state index is 0.00527. The molecular weight excluding hydrogens is 470 g/mol. The van der Waals surface area contributed by atoms with Crippen LogP contribution in [0, 0.1) is 0 Å². The molecule has 1 atom stereocenters. The van der Waals surface area contributed by atoms with E-state index < -0.39 is 16.1 Å². The summed E-state index contributed by atoms with van der Waals surface area (Å²) in [5, 5.41) is 5.52. The van der Waals surface area contributed by atoms with E-state index in [4.69, 9.17) is 21.1 Å². The van der Waals surface area contributed by atoms with Gasteiger partial charge in [-0.1, -0.05) is 18.5 Å². The van der Waals surface area contributed by atoms with E-state index in [0.29, 0.717) is 52.7 Å². The predicted octanol–water partition coefficient (Wildman–Crippen LogP) is 2.82. The highest BCUT2D eigenvalue weighted by atomic mass is 35.5. The van der Waals surface area contributed by atoms with Gasteiger partial charge in [0.15, 0.2) is 0 Å². The number of amides is 3. The third kappa shape index (κ3) is 5.51. The fraction of sp³-hybridized carbons (Fsp3) is 0.364. The molecule has 0 aliphatic carbocycles. The summed E-state index contributed by atoms with van der Waals surface area (Å²) >= 11 is 6.03. The van der Waals surface area contributed by atoms with Crippen LogP contribution in [0.25, 0.3) is 0 Å². The lowest BCUT2D eigenvalue weighted by Gasteiger charge is -2.28. The molecule has 0 saturated heterocycles. The van der Waals surface area contributed by atoms with Crippen molar-refractivity contribution in [1.29, 1.82) is 0 Å². The molecule has 3 N–H and O–H groups in total. The summed E-state index contributed by atoms with van der Waals surface area (Å²) in [5.74, 6) is 0.409. The number of halogens is 1. The molecule has 0 bridgehead atoms. The molecule has 3 amide bonds. The second-order valence-corrected chi connectivity index (χ2v) is 9.51. The molecule has 178 valence electrons. The molecule has 2 aromatic rings. The molecule has 33 heavy (non-hydrogen) atoms. The van der Waals surface area contributed by atoms with Crippen LogP contribution in [0.1, 0.15) is 40.7 Å². The van der Waals surface area contributed by atoms with Crippen molar-refractivity contribution in [2.45, 2.75) is 30.6 Å². The average Bonchev–Trinajstić information content (AvgIpc) is 2.81. The van der Waals surface area contributed by atoms with E-state index in [9.17, 15) is 18.0 Å². The minimum Gasteiger partial charge on any atom is -0.496 e. The molecular formula is C22H26ClN3O6S. The van der Waals surface area contributed by atoms with Crippen LogP contribution in [0.3, 0.4) is 0 Å². The summed E-state index contributed by atoms with van der Waals surface area (Å²) in [6.07, 6.45) is 1.00. The van der Waals surface area contributed by atoms with Gasteiger partial charge in [0.25, 0.3) is 15.9 Å². The number of hydrogen-bond donors (Lipinski definition) is 3. The molecule has 0 radical (unpaired) electrons. The summed E-state index contributed by atoms with van der Waals surface area (Å²) in [4.78, 5) is 24.4. The van der Waals surface area contributed by atoms with Crippen LogP contribution in [0.2, 0.25) is 5.02 Å². The highest BCUT2D eigenvalue weighted by molar-refractivity contribution is 7.90. The Kier molecular flexibility index (Phi) is 7.70. The maximum atomic E-state index is 12.8. The Morgan fingerprint density at radius 2 is 2.00 bits per heavy atom. The number of urea groups is 1. The van der Waals surface area contributed by atoms with Crippen molar-refractivity contribution in [2.24, 2.45) is 0 Å². The Morgan fingerprint density at radius 1 is 1.24 bits per heavy atom. The standard InChI is InChI=1S/C22H26ClN3O6S/c1-4-13-9-19-16(11-20(13)33(29,30)26-22(28)24-2)14(7-8-32-19)12-25-21(27)17-10-15(23)5-6-18(17)31-3/h5-6,9-11,14H,4,7-8,12H2,1-3H3,(H,25,27)(H2,24,26,28). The topological polar surface area (TPSA) is 123 Å². The number of carbonyl (C=O) groups excluding carboxylic acids is 2. The van der Waals surface area contributed by atoms with Crippen molar-refractivity contribution in [1.82, 2.24) is 15.4 Å². The Bertz CT molecular complexity index is 1170. The monoisotopic (exact) mass is 495 g/mol. The van der Waals surface area contributed by atoms with Crippen molar-refractivity contribution >= 4 is 33.6 Å². The van der Waals surface area contributed by atoms with E-state index in [1.54, 1.807) is 18.2 Å². The van der Waals surface area contributed by atoms with Crippen LogP contribution >= 0.6 is 11.6 Å².